The molecule has 0 spiro atoms. The predicted molar refractivity (Wildman–Crippen MR) is 70.2 cm³/mol. The largest absolute Gasteiger partial charge is 0.481 e. The quantitative estimate of drug-likeness (QED) is 0.790. The van der Waals surface area contributed by atoms with Crippen molar-refractivity contribution in [3.63, 3.8) is 0 Å². The molecule has 0 fully saturated rings. The molecule has 0 heterocycles. The minimum Gasteiger partial charge on any atom is -0.481 e. The van der Waals surface area contributed by atoms with Crippen molar-refractivity contribution < 1.29 is 14.4 Å². The minimum absolute atomic E-state index is 0.280. The van der Waals surface area contributed by atoms with Crippen molar-refractivity contribution >= 4 is 5.91 Å². The van der Waals surface area contributed by atoms with Crippen LogP contribution in [0.4, 0.5) is 0 Å². The van der Waals surface area contributed by atoms with Gasteiger partial charge in [-0.3, -0.25) is 9.63 Å². The first kappa shape index (κ1) is 14.5. The lowest BCUT2D eigenvalue weighted by molar-refractivity contribution is -0.140. The Morgan fingerprint density at radius 3 is 2.67 bits per heavy atom. The summed E-state index contributed by atoms with van der Waals surface area (Å²) in [6, 6.07) is 7.58. The number of carbonyl (C=O) groups excluding carboxylic acids is 1. The summed E-state index contributed by atoms with van der Waals surface area (Å²) in [5.41, 5.74) is 3.48. The van der Waals surface area contributed by atoms with Crippen LogP contribution in [0, 0.1) is 12.8 Å². The lowest BCUT2D eigenvalue weighted by atomic mass is 10.2. The second kappa shape index (κ2) is 7.01. The second-order valence-electron chi connectivity index (χ2n) is 4.75. The lowest BCUT2D eigenvalue weighted by Gasteiger charge is -2.15. The van der Waals surface area contributed by atoms with Crippen LogP contribution in [0.2, 0.25) is 0 Å². The summed E-state index contributed by atoms with van der Waals surface area (Å²) in [5.74, 6) is 0.775. The Hall–Kier alpha value is -1.55. The van der Waals surface area contributed by atoms with E-state index in [9.17, 15) is 4.79 Å². The SMILES string of the molecule is Cc1cccc(OC(C)C(=O)NOCC(C)C)c1. The number of hydroxylamine groups is 1. The Morgan fingerprint density at radius 2 is 2.06 bits per heavy atom. The first-order chi connectivity index (χ1) is 8.49. The number of rotatable bonds is 6. The molecule has 0 aliphatic rings. The first-order valence-electron chi connectivity index (χ1n) is 6.14. The fourth-order valence-corrected chi connectivity index (χ4v) is 1.31. The average molecular weight is 251 g/mol. The van der Waals surface area contributed by atoms with E-state index >= 15 is 0 Å². The normalized spacial score (nSPS) is 12.3. The van der Waals surface area contributed by atoms with E-state index in [2.05, 4.69) is 5.48 Å². The zero-order valence-electron chi connectivity index (χ0n) is 11.4. The molecule has 1 amide bonds. The third-order valence-corrected chi connectivity index (χ3v) is 2.26. The van der Waals surface area contributed by atoms with E-state index < -0.39 is 6.10 Å². The highest BCUT2D eigenvalue weighted by atomic mass is 16.7. The number of hydrogen-bond acceptors (Lipinski definition) is 3. The highest BCUT2D eigenvalue weighted by molar-refractivity contribution is 5.79. The van der Waals surface area contributed by atoms with Gasteiger partial charge in [0.1, 0.15) is 5.75 Å². The van der Waals surface area contributed by atoms with Crippen molar-refractivity contribution in [2.75, 3.05) is 6.61 Å². The van der Waals surface area contributed by atoms with Crippen LogP contribution in [-0.2, 0) is 9.63 Å². The highest BCUT2D eigenvalue weighted by Gasteiger charge is 2.14. The number of hydrogen-bond donors (Lipinski definition) is 1. The van der Waals surface area contributed by atoms with Gasteiger partial charge in [0.05, 0.1) is 6.61 Å². The molecule has 1 aromatic rings. The van der Waals surface area contributed by atoms with Crippen LogP contribution >= 0.6 is 0 Å². The van der Waals surface area contributed by atoms with Gasteiger partial charge in [-0.25, -0.2) is 5.48 Å². The molecule has 0 bridgehead atoms. The van der Waals surface area contributed by atoms with Crippen molar-refractivity contribution in [3.8, 4) is 5.75 Å². The van der Waals surface area contributed by atoms with Crippen molar-refractivity contribution in [3.05, 3.63) is 29.8 Å². The second-order valence-corrected chi connectivity index (χ2v) is 4.75. The predicted octanol–water partition coefficient (Wildman–Crippen LogP) is 2.47. The van der Waals surface area contributed by atoms with Crippen molar-refractivity contribution in [2.24, 2.45) is 5.92 Å². The molecule has 0 saturated heterocycles. The van der Waals surface area contributed by atoms with E-state index in [1.807, 2.05) is 45.0 Å². The van der Waals surface area contributed by atoms with E-state index in [-0.39, 0.29) is 5.91 Å². The summed E-state index contributed by atoms with van der Waals surface area (Å²) in [6.07, 6.45) is -0.584. The van der Waals surface area contributed by atoms with Crippen LogP contribution in [-0.4, -0.2) is 18.6 Å². The topological polar surface area (TPSA) is 47.6 Å². The fraction of sp³-hybridized carbons (Fsp3) is 0.500. The van der Waals surface area contributed by atoms with Crippen molar-refractivity contribution in [2.45, 2.75) is 33.8 Å². The van der Waals surface area contributed by atoms with Gasteiger partial charge in [-0.1, -0.05) is 26.0 Å². The van der Waals surface area contributed by atoms with E-state index in [4.69, 9.17) is 9.57 Å². The Labute approximate surface area is 108 Å². The summed E-state index contributed by atoms with van der Waals surface area (Å²) in [6.45, 7) is 8.18. The van der Waals surface area contributed by atoms with Crippen LogP contribution < -0.4 is 10.2 Å². The highest BCUT2D eigenvalue weighted by Crippen LogP contribution is 2.14. The lowest BCUT2D eigenvalue weighted by Crippen LogP contribution is -2.37. The molecule has 1 N–H and O–H groups in total. The molecule has 100 valence electrons. The number of nitrogens with one attached hydrogen (secondary N) is 1. The smallest absolute Gasteiger partial charge is 0.284 e. The van der Waals surface area contributed by atoms with Gasteiger partial charge < -0.3 is 4.74 Å². The molecular weight excluding hydrogens is 230 g/mol. The summed E-state index contributed by atoms with van der Waals surface area (Å²) in [5, 5.41) is 0. The van der Waals surface area contributed by atoms with Gasteiger partial charge >= 0.3 is 0 Å². The Balaban J connectivity index is 2.40. The van der Waals surface area contributed by atoms with Gasteiger partial charge in [0.25, 0.3) is 5.91 Å². The maximum atomic E-state index is 11.7. The van der Waals surface area contributed by atoms with Gasteiger partial charge in [0, 0.05) is 0 Å². The molecule has 0 aliphatic heterocycles. The Bertz CT molecular complexity index is 390. The molecule has 1 unspecified atom stereocenters. The van der Waals surface area contributed by atoms with Gasteiger partial charge in [0.2, 0.25) is 0 Å². The third kappa shape index (κ3) is 5.19. The van der Waals surface area contributed by atoms with Crippen molar-refractivity contribution in [1.82, 2.24) is 5.48 Å². The molecule has 0 aliphatic carbocycles. The fourth-order valence-electron chi connectivity index (χ4n) is 1.31. The maximum Gasteiger partial charge on any atom is 0.284 e. The van der Waals surface area contributed by atoms with Crippen LogP contribution in [0.1, 0.15) is 26.3 Å². The Morgan fingerprint density at radius 1 is 1.33 bits per heavy atom. The van der Waals surface area contributed by atoms with Gasteiger partial charge in [-0.05, 0) is 37.5 Å². The third-order valence-electron chi connectivity index (χ3n) is 2.26. The molecule has 4 heteroatoms. The van der Waals surface area contributed by atoms with Gasteiger partial charge in [-0.2, -0.15) is 0 Å². The van der Waals surface area contributed by atoms with E-state index in [1.54, 1.807) is 6.92 Å². The molecule has 1 atom stereocenters. The average Bonchev–Trinajstić information content (AvgIpc) is 2.28. The zero-order valence-corrected chi connectivity index (χ0v) is 11.4. The van der Waals surface area contributed by atoms with Gasteiger partial charge in [-0.15, -0.1) is 0 Å². The number of carbonyl (C=O) groups is 1. The molecule has 1 aromatic carbocycles. The van der Waals surface area contributed by atoms with Crippen LogP contribution in [0.3, 0.4) is 0 Å². The van der Waals surface area contributed by atoms with Crippen molar-refractivity contribution in [1.29, 1.82) is 0 Å². The number of benzene rings is 1. The molecule has 0 radical (unpaired) electrons. The summed E-state index contributed by atoms with van der Waals surface area (Å²) in [4.78, 5) is 16.7. The Kier molecular flexibility index (Phi) is 5.65. The molecule has 0 aromatic heterocycles. The monoisotopic (exact) mass is 251 g/mol. The zero-order chi connectivity index (χ0) is 13.5. The summed E-state index contributed by atoms with van der Waals surface area (Å²) >= 11 is 0. The molecule has 18 heavy (non-hydrogen) atoms. The van der Waals surface area contributed by atoms with Crippen LogP contribution in [0.25, 0.3) is 0 Å². The van der Waals surface area contributed by atoms with E-state index in [0.29, 0.717) is 18.3 Å². The van der Waals surface area contributed by atoms with E-state index in [0.717, 1.165) is 5.56 Å². The van der Waals surface area contributed by atoms with Gasteiger partial charge in [0.15, 0.2) is 6.10 Å². The number of amides is 1. The number of ether oxygens (including phenoxy) is 1. The van der Waals surface area contributed by atoms with E-state index in [1.165, 1.54) is 0 Å². The molecular formula is C14H21NO3. The van der Waals surface area contributed by atoms with Crippen LogP contribution in [0.5, 0.6) is 5.75 Å². The number of aryl methyl sites for hydroxylation is 1. The molecule has 1 rings (SSSR count). The maximum absolute atomic E-state index is 11.7. The molecule has 0 saturated carbocycles. The summed E-state index contributed by atoms with van der Waals surface area (Å²) < 4.78 is 5.52. The first-order valence-corrected chi connectivity index (χ1v) is 6.14. The van der Waals surface area contributed by atoms with Crippen LogP contribution in [0.15, 0.2) is 24.3 Å². The standard InChI is InChI=1S/C14H21NO3/c1-10(2)9-17-15-14(16)12(4)18-13-7-5-6-11(3)8-13/h5-8,10,12H,9H2,1-4H3,(H,15,16). The molecule has 4 nitrogen and oxygen atoms in total. The summed E-state index contributed by atoms with van der Waals surface area (Å²) in [7, 11) is 0. The minimum atomic E-state index is -0.584.